The molecule has 2 fully saturated rings. The summed E-state index contributed by atoms with van der Waals surface area (Å²) >= 11 is 0. The van der Waals surface area contributed by atoms with Gasteiger partial charge in [0.25, 0.3) is 0 Å². The van der Waals surface area contributed by atoms with Gasteiger partial charge in [0, 0.05) is 19.3 Å². The van der Waals surface area contributed by atoms with Gasteiger partial charge in [-0.05, 0) is 37.8 Å². The second-order valence-electron chi connectivity index (χ2n) is 7.17. The molecule has 2 aromatic rings. The average molecular weight is 392 g/mol. The zero-order chi connectivity index (χ0) is 18.7. The Hall–Kier alpha value is -2.00. The summed E-state index contributed by atoms with van der Waals surface area (Å²) in [5.41, 5.74) is 0.722. The molecule has 27 heavy (non-hydrogen) atoms. The largest absolute Gasteiger partial charge is 0.474 e. The summed E-state index contributed by atoms with van der Waals surface area (Å²) in [6.07, 6.45) is 7.62. The Bertz CT molecular complexity index is 863. The van der Waals surface area contributed by atoms with Gasteiger partial charge in [0.1, 0.15) is 6.10 Å². The third-order valence-corrected chi connectivity index (χ3v) is 6.72. The van der Waals surface area contributed by atoms with Gasteiger partial charge in [0.05, 0.1) is 23.6 Å². The van der Waals surface area contributed by atoms with Crippen LogP contribution in [0.1, 0.15) is 38.0 Å². The molecule has 1 saturated heterocycles. The van der Waals surface area contributed by atoms with Crippen LogP contribution >= 0.6 is 0 Å². The lowest BCUT2D eigenvalue weighted by molar-refractivity contribution is 0.149. The molecule has 0 radical (unpaired) electrons. The molecule has 2 aromatic heterocycles. The lowest BCUT2D eigenvalue weighted by Gasteiger charge is -2.24. The van der Waals surface area contributed by atoms with Crippen LogP contribution in [0.25, 0.3) is 11.4 Å². The van der Waals surface area contributed by atoms with Crippen molar-refractivity contribution in [3.05, 3.63) is 24.2 Å². The van der Waals surface area contributed by atoms with Gasteiger partial charge >= 0.3 is 0 Å². The van der Waals surface area contributed by atoms with E-state index in [4.69, 9.17) is 9.26 Å². The van der Waals surface area contributed by atoms with Crippen LogP contribution in [0.4, 0.5) is 0 Å². The number of hydrogen-bond acceptors (Lipinski definition) is 8. The van der Waals surface area contributed by atoms with Gasteiger partial charge < -0.3 is 9.26 Å². The molecule has 2 aliphatic rings. The maximum absolute atomic E-state index is 11.5. The van der Waals surface area contributed by atoms with Crippen molar-refractivity contribution in [1.82, 2.24) is 20.0 Å². The average Bonchev–Trinajstić information content (AvgIpc) is 3.13. The van der Waals surface area contributed by atoms with Crippen LogP contribution in [0.5, 0.6) is 5.88 Å². The highest BCUT2D eigenvalue weighted by Crippen LogP contribution is 2.29. The molecule has 3 heterocycles. The van der Waals surface area contributed by atoms with Crippen molar-refractivity contribution < 1.29 is 17.7 Å². The first-order valence-electron chi connectivity index (χ1n) is 9.46. The van der Waals surface area contributed by atoms with Crippen LogP contribution in [-0.4, -0.2) is 59.1 Å². The minimum absolute atomic E-state index is 0.177. The molecule has 0 atom stereocenters. The Morgan fingerprint density at radius 2 is 1.96 bits per heavy atom. The van der Waals surface area contributed by atoms with E-state index in [0.29, 0.717) is 37.2 Å². The number of nitrogens with zero attached hydrogens (tertiary/aromatic N) is 4. The molecule has 1 aliphatic heterocycles. The van der Waals surface area contributed by atoms with E-state index < -0.39 is 9.84 Å². The first-order chi connectivity index (χ1) is 13.1. The number of pyridine rings is 1. The predicted octanol–water partition coefficient (Wildman–Crippen LogP) is 2.07. The van der Waals surface area contributed by atoms with E-state index in [1.54, 1.807) is 6.20 Å². The minimum Gasteiger partial charge on any atom is -0.474 e. The fourth-order valence-electron chi connectivity index (χ4n) is 3.52. The van der Waals surface area contributed by atoms with E-state index in [0.717, 1.165) is 18.4 Å². The van der Waals surface area contributed by atoms with Crippen molar-refractivity contribution in [2.24, 2.45) is 0 Å². The third-order valence-electron chi connectivity index (χ3n) is 5.11. The highest BCUT2D eigenvalue weighted by atomic mass is 32.2. The molecular weight excluding hydrogens is 368 g/mol. The fraction of sp³-hybridized carbons (Fsp3) is 0.611. The van der Waals surface area contributed by atoms with Crippen molar-refractivity contribution in [3.63, 3.8) is 0 Å². The molecule has 0 aromatic carbocycles. The van der Waals surface area contributed by atoms with Crippen LogP contribution in [0, 0.1) is 0 Å². The summed E-state index contributed by atoms with van der Waals surface area (Å²) in [6.45, 7) is 1.42. The summed E-state index contributed by atoms with van der Waals surface area (Å²) in [5, 5.41) is 4.08. The van der Waals surface area contributed by atoms with Crippen molar-refractivity contribution >= 4 is 9.84 Å². The molecule has 1 saturated carbocycles. The zero-order valence-corrected chi connectivity index (χ0v) is 16.0. The molecular formula is C18H24N4O4S. The number of hydrogen-bond donors (Lipinski definition) is 0. The maximum atomic E-state index is 11.5. The first kappa shape index (κ1) is 18.4. The Morgan fingerprint density at radius 3 is 2.74 bits per heavy atom. The van der Waals surface area contributed by atoms with Gasteiger partial charge in [-0.15, -0.1) is 0 Å². The van der Waals surface area contributed by atoms with Gasteiger partial charge in [-0.1, -0.05) is 11.6 Å². The van der Waals surface area contributed by atoms with Gasteiger partial charge in [-0.2, -0.15) is 4.98 Å². The second-order valence-corrected chi connectivity index (χ2v) is 9.48. The predicted molar refractivity (Wildman–Crippen MR) is 99.0 cm³/mol. The molecule has 0 spiro atoms. The van der Waals surface area contributed by atoms with Crippen LogP contribution in [0.15, 0.2) is 22.9 Å². The van der Waals surface area contributed by atoms with Crippen LogP contribution < -0.4 is 4.74 Å². The normalized spacial score (nSPS) is 21.2. The van der Waals surface area contributed by atoms with Crippen LogP contribution in [-0.2, 0) is 16.4 Å². The van der Waals surface area contributed by atoms with E-state index in [2.05, 4.69) is 15.1 Å². The number of rotatable bonds is 5. The quantitative estimate of drug-likeness (QED) is 0.763. The van der Waals surface area contributed by atoms with Crippen molar-refractivity contribution in [2.75, 3.05) is 24.6 Å². The van der Waals surface area contributed by atoms with Gasteiger partial charge in [-0.25, -0.2) is 13.4 Å². The molecule has 4 rings (SSSR count). The van der Waals surface area contributed by atoms with Gasteiger partial charge in [-0.3, -0.25) is 4.90 Å². The summed E-state index contributed by atoms with van der Waals surface area (Å²) in [4.78, 5) is 10.9. The second kappa shape index (κ2) is 7.93. The monoisotopic (exact) mass is 392 g/mol. The molecule has 146 valence electrons. The Labute approximate surface area is 158 Å². The van der Waals surface area contributed by atoms with E-state index >= 15 is 0 Å². The van der Waals surface area contributed by atoms with Gasteiger partial charge in [0.15, 0.2) is 9.84 Å². The zero-order valence-electron chi connectivity index (χ0n) is 15.2. The van der Waals surface area contributed by atoms with E-state index in [1.807, 2.05) is 17.0 Å². The van der Waals surface area contributed by atoms with Crippen LogP contribution in [0.2, 0.25) is 0 Å². The summed E-state index contributed by atoms with van der Waals surface area (Å²) in [5.74, 6) is 1.82. The van der Waals surface area contributed by atoms with Crippen molar-refractivity contribution in [1.29, 1.82) is 0 Å². The molecule has 0 amide bonds. The Morgan fingerprint density at radius 1 is 1.19 bits per heavy atom. The van der Waals surface area contributed by atoms with Crippen molar-refractivity contribution in [2.45, 2.75) is 44.8 Å². The van der Waals surface area contributed by atoms with Crippen LogP contribution in [0.3, 0.4) is 0 Å². The third kappa shape index (κ3) is 4.65. The van der Waals surface area contributed by atoms with Crippen molar-refractivity contribution in [3.8, 4) is 17.3 Å². The number of sulfone groups is 1. The SMILES string of the molecule is O=S1(=O)CCN(Cc2nc(-c3cccnc3OC3CCCCC3)no2)CC1. The summed E-state index contributed by atoms with van der Waals surface area (Å²) in [7, 11) is -2.90. The molecule has 0 bridgehead atoms. The first-order valence-corrected chi connectivity index (χ1v) is 11.3. The fourth-order valence-corrected chi connectivity index (χ4v) is 4.80. The summed E-state index contributed by atoms with van der Waals surface area (Å²) in [6, 6.07) is 3.71. The molecule has 0 N–H and O–H groups in total. The molecule has 1 aliphatic carbocycles. The van der Waals surface area contributed by atoms with E-state index in [9.17, 15) is 8.42 Å². The maximum Gasteiger partial charge on any atom is 0.241 e. The standard InChI is InChI=1S/C18H24N4O4S/c23-27(24)11-9-22(10-12-27)13-16-20-17(21-26-16)15-7-4-8-19-18(15)25-14-5-2-1-3-6-14/h4,7-8,14H,1-3,5-6,9-13H2. The topological polar surface area (TPSA) is 98.4 Å². The smallest absolute Gasteiger partial charge is 0.241 e. The van der Waals surface area contributed by atoms with Gasteiger partial charge in [0.2, 0.25) is 17.6 Å². The molecule has 8 nitrogen and oxygen atoms in total. The highest BCUT2D eigenvalue weighted by molar-refractivity contribution is 7.91. The van der Waals surface area contributed by atoms with E-state index in [1.165, 1.54) is 19.3 Å². The minimum atomic E-state index is -2.90. The Kier molecular flexibility index (Phi) is 5.40. The number of aromatic nitrogens is 3. The Balaban J connectivity index is 1.45. The lowest BCUT2D eigenvalue weighted by atomic mass is 9.98. The summed E-state index contributed by atoms with van der Waals surface area (Å²) < 4.78 is 34.6. The number of ether oxygens (including phenoxy) is 1. The molecule has 9 heteroatoms. The van der Waals surface area contributed by atoms with E-state index in [-0.39, 0.29) is 17.6 Å². The lowest BCUT2D eigenvalue weighted by Crippen LogP contribution is -2.39. The highest BCUT2D eigenvalue weighted by Gasteiger charge is 2.24. The molecule has 0 unspecified atom stereocenters.